The summed E-state index contributed by atoms with van der Waals surface area (Å²) < 4.78 is 11.6. The molecule has 7 amide bonds. The van der Waals surface area contributed by atoms with Crippen molar-refractivity contribution in [3.05, 3.63) is 54.3 Å². The van der Waals surface area contributed by atoms with Gasteiger partial charge in [0.25, 0.3) is 11.8 Å². The molecule has 1 aliphatic carbocycles. The Morgan fingerprint density at radius 2 is 1.66 bits per heavy atom. The molecule has 3 rings (SSSR count). The molecular formula is C41H63N7O8. The number of nitrogens with zero attached hydrogens (tertiary/aromatic N) is 2. The minimum absolute atomic E-state index is 0.0465. The molecule has 0 radical (unpaired) electrons. The summed E-state index contributed by atoms with van der Waals surface area (Å²) in [6, 6.07) is 4.58. The summed E-state index contributed by atoms with van der Waals surface area (Å²) in [5, 5.41) is 11.4. The van der Waals surface area contributed by atoms with Crippen LogP contribution in [0.25, 0.3) is 0 Å². The monoisotopic (exact) mass is 781 g/mol. The van der Waals surface area contributed by atoms with Crippen LogP contribution < -0.4 is 27.0 Å². The molecule has 15 nitrogen and oxygen atoms in total. The van der Waals surface area contributed by atoms with Gasteiger partial charge in [0.05, 0.1) is 12.7 Å². The van der Waals surface area contributed by atoms with E-state index in [4.69, 9.17) is 15.2 Å². The molecule has 1 saturated carbocycles. The zero-order chi connectivity index (χ0) is 41.4. The second-order valence-electron chi connectivity index (χ2n) is 16.1. The molecular weight excluding hydrogens is 718 g/mol. The van der Waals surface area contributed by atoms with Crippen molar-refractivity contribution in [2.75, 3.05) is 38.6 Å². The van der Waals surface area contributed by atoms with Gasteiger partial charge in [0.15, 0.2) is 0 Å². The van der Waals surface area contributed by atoms with Gasteiger partial charge in [-0.1, -0.05) is 59.8 Å². The molecule has 4 atom stereocenters. The fourth-order valence-corrected chi connectivity index (χ4v) is 6.97. The Morgan fingerprint density at radius 3 is 2.27 bits per heavy atom. The van der Waals surface area contributed by atoms with Crippen molar-refractivity contribution in [1.29, 1.82) is 0 Å². The molecule has 0 bridgehead atoms. The highest BCUT2D eigenvalue weighted by Crippen LogP contribution is 2.42. The number of nitrogens with two attached hydrogens (primary N) is 1. The molecule has 0 aromatic heterocycles. The van der Waals surface area contributed by atoms with Gasteiger partial charge >= 0.3 is 12.1 Å². The van der Waals surface area contributed by atoms with Crippen LogP contribution in [0.5, 0.6) is 0 Å². The second kappa shape index (κ2) is 22.0. The number of unbranched alkanes of at least 4 members (excludes halogenated alkanes) is 2. The maximum atomic E-state index is 13.6. The molecule has 56 heavy (non-hydrogen) atoms. The number of nitrogens with one attached hydrogen (secondary N) is 4. The minimum atomic E-state index is -0.928. The number of carbonyl (C=O) groups is 6. The summed E-state index contributed by atoms with van der Waals surface area (Å²) in [7, 11) is 1.68. The summed E-state index contributed by atoms with van der Waals surface area (Å²) in [5.74, 6) is -1.08. The first-order valence-corrected chi connectivity index (χ1v) is 19.7. The zero-order valence-corrected chi connectivity index (χ0v) is 34.0. The van der Waals surface area contributed by atoms with Gasteiger partial charge in [-0.25, -0.2) is 9.59 Å². The van der Waals surface area contributed by atoms with Crippen LogP contribution >= 0.6 is 0 Å². The highest BCUT2D eigenvalue weighted by atomic mass is 16.6. The molecule has 2 aliphatic rings. The molecule has 1 heterocycles. The third kappa shape index (κ3) is 15.3. The Hall–Kier alpha value is -4.92. The van der Waals surface area contributed by atoms with Gasteiger partial charge in [0.2, 0.25) is 11.8 Å². The van der Waals surface area contributed by atoms with Crippen molar-refractivity contribution in [1.82, 2.24) is 25.8 Å². The largest absolute Gasteiger partial charge is 0.445 e. The third-order valence-electron chi connectivity index (χ3n) is 10.1. The first-order chi connectivity index (χ1) is 26.5. The van der Waals surface area contributed by atoms with Gasteiger partial charge in [-0.05, 0) is 79.9 Å². The average Bonchev–Trinajstić information content (AvgIpc) is 3.60. The second-order valence-corrected chi connectivity index (χ2v) is 16.1. The van der Waals surface area contributed by atoms with Crippen molar-refractivity contribution in [3.63, 3.8) is 0 Å². The standard InChI is InChI=1S/C41H63N7O8/c1-27(2)36(44-29(4)12-9-8-10-21-48-34(49)18-19-35(48)50)38(52)46-32(13-11-20-43-39(42)53)37(51)45-31-16-14-30(15-17-31)26-56-40(54)47(7)22-23-55-33-25-41(5,6)24-28(33)3/h14-19,27-28,32-33,36,44H,4,8-13,20-26H2,1-3,5-7H3,(H,45,51)(H,46,52)(H3,42,43,53)/t28?,32?,33?,36-/m0/s1. The number of carbonyl (C=O) groups excluding carboxylic acids is 6. The number of ether oxygens (including phenoxy) is 2. The maximum Gasteiger partial charge on any atom is 0.409 e. The molecule has 1 aromatic carbocycles. The summed E-state index contributed by atoms with van der Waals surface area (Å²) in [6.07, 6.45) is 7.75. The zero-order valence-electron chi connectivity index (χ0n) is 34.0. The fraction of sp³-hybridized carbons (Fsp3) is 0.610. The van der Waals surface area contributed by atoms with Crippen LogP contribution in [0, 0.1) is 17.3 Å². The Balaban J connectivity index is 1.48. The first-order valence-electron chi connectivity index (χ1n) is 19.7. The van der Waals surface area contributed by atoms with E-state index in [1.165, 1.54) is 22.0 Å². The normalized spacial score (nSPS) is 18.4. The number of hydrogen-bond donors (Lipinski definition) is 5. The van der Waals surface area contributed by atoms with Crippen LogP contribution in [0.2, 0.25) is 0 Å². The van der Waals surface area contributed by atoms with Gasteiger partial charge in [0.1, 0.15) is 18.7 Å². The van der Waals surface area contributed by atoms with Gasteiger partial charge in [-0.3, -0.25) is 24.1 Å². The SMILES string of the molecule is C=C(CCCCCN1C(=O)C=CC1=O)N[C@H](C(=O)NC(CCCNC(N)=O)C(=O)Nc1ccc(COC(=O)N(C)CCOC2CC(C)(C)CC2C)cc1)C(C)C. The molecule has 0 spiro atoms. The first kappa shape index (κ1) is 45.5. The van der Waals surface area contributed by atoms with E-state index in [1.54, 1.807) is 31.3 Å². The molecule has 0 saturated heterocycles. The van der Waals surface area contributed by atoms with E-state index in [-0.39, 0.29) is 54.7 Å². The van der Waals surface area contributed by atoms with Crippen LogP contribution in [-0.2, 0) is 35.3 Å². The van der Waals surface area contributed by atoms with Gasteiger partial charge in [-0.2, -0.15) is 0 Å². The number of allylic oxidation sites excluding steroid dienone is 1. The van der Waals surface area contributed by atoms with Crippen molar-refractivity contribution >= 4 is 41.4 Å². The number of rotatable bonds is 23. The third-order valence-corrected chi connectivity index (χ3v) is 10.1. The Bertz CT molecular complexity index is 1540. The van der Waals surface area contributed by atoms with Crippen molar-refractivity contribution in [2.24, 2.45) is 23.0 Å². The predicted molar refractivity (Wildman–Crippen MR) is 214 cm³/mol. The van der Waals surface area contributed by atoms with E-state index in [1.807, 2.05) is 13.8 Å². The van der Waals surface area contributed by atoms with E-state index < -0.39 is 30.1 Å². The van der Waals surface area contributed by atoms with E-state index >= 15 is 0 Å². The summed E-state index contributed by atoms with van der Waals surface area (Å²) in [4.78, 5) is 77.1. The lowest BCUT2D eigenvalue weighted by molar-refractivity contribution is -0.136. The number of amides is 7. The molecule has 1 aromatic rings. The summed E-state index contributed by atoms with van der Waals surface area (Å²) in [6.45, 7) is 16.1. The number of imide groups is 1. The molecule has 6 N–H and O–H groups in total. The highest BCUT2D eigenvalue weighted by Gasteiger charge is 2.37. The number of primary amides is 1. The van der Waals surface area contributed by atoms with Crippen LogP contribution in [0.4, 0.5) is 15.3 Å². The van der Waals surface area contributed by atoms with Crippen LogP contribution in [0.3, 0.4) is 0 Å². The lowest BCUT2D eigenvalue weighted by atomic mass is 9.91. The number of hydrogen-bond acceptors (Lipinski definition) is 9. The number of urea groups is 1. The van der Waals surface area contributed by atoms with Gasteiger partial charge in [0, 0.05) is 50.2 Å². The Kier molecular flexibility index (Phi) is 17.8. The fourth-order valence-electron chi connectivity index (χ4n) is 6.97. The quantitative estimate of drug-likeness (QED) is 0.0779. The summed E-state index contributed by atoms with van der Waals surface area (Å²) in [5.41, 5.74) is 7.34. The maximum absolute atomic E-state index is 13.6. The molecule has 15 heteroatoms. The van der Waals surface area contributed by atoms with Crippen molar-refractivity contribution < 1.29 is 38.2 Å². The van der Waals surface area contributed by atoms with Gasteiger partial charge in [-0.15, -0.1) is 0 Å². The van der Waals surface area contributed by atoms with Crippen molar-refractivity contribution in [2.45, 2.75) is 111 Å². The number of benzene rings is 1. The number of likely N-dealkylation sites (N-methyl/N-ethyl adjacent to an activating group) is 1. The smallest absolute Gasteiger partial charge is 0.409 e. The topological polar surface area (TPSA) is 201 Å². The number of anilines is 1. The predicted octanol–water partition coefficient (Wildman–Crippen LogP) is 4.58. The van der Waals surface area contributed by atoms with Gasteiger partial charge < -0.3 is 41.4 Å². The van der Waals surface area contributed by atoms with Crippen LogP contribution in [0.1, 0.15) is 91.5 Å². The van der Waals surface area contributed by atoms with E-state index in [0.29, 0.717) is 56.3 Å². The molecule has 310 valence electrons. The average molecular weight is 782 g/mol. The van der Waals surface area contributed by atoms with E-state index in [2.05, 4.69) is 48.6 Å². The highest BCUT2D eigenvalue weighted by molar-refractivity contribution is 6.12. The van der Waals surface area contributed by atoms with Crippen LogP contribution in [-0.4, -0.2) is 97.0 Å². The Labute approximate surface area is 331 Å². The molecule has 1 fully saturated rings. The molecule has 3 unspecified atom stereocenters. The molecule has 1 aliphatic heterocycles. The van der Waals surface area contributed by atoms with Crippen LogP contribution in [0.15, 0.2) is 48.7 Å². The lowest BCUT2D eigenvalue weighted by Gasteiger charge is -2.27. The lowest BCUT2D eigenvalue weighted by Crippen LogP contribution is -2.53. The summed E-state index contributed by atoms with van der Waals surface area (Å²) >= 11 is 0. The van der Waals surface area contributed by atoms with Crippen molar-refractivity contribution in [3.8, 4) is 0 Å². The van der Waals surface area contributed by atoms with E-state index in [0.717, 1.165) is 31.2 Å². The van der Waals surface area contributed by atoms with E-state index in [9.17, 15) is 28.8 Å². The minimum Gasteiger partial charge on any atom is -0.445 e. The Morgan fingerprint density at radius 1 is 0.982 bits per heavy atom.